The molecule has 0 atom stereocenters. The molecule has 0 aliphatic rings. The summed E-state index contributed by atoms with van der Waals surface area (Å²) in [5, 5.41) is 17.8. The lowest BCUT2D eigenvalue weighted by Gasteiger charge is -2.09. The van der Waals surface area contributed by atoms with Crippen molar-refractivity contribution in [1.29, 1.82) is 0 Å². The first kappa shape index (κ1) is 16.8. The number of nitro benzene ring substituents is 1. The van der Waals surface area contributed by atoms with Crippen LogP contribution in [0.15, 0.2) is 65.3 Å². The van der Waals surface area contributed by atoms with Gasteiger partial charge in [-0.05, 0) is 23.8 Å². The van der Waals surface area contributed by atoms with E-state index in [1.54, 1.807) is 16.9 Å². The average molecular weight is 401 g/mol. The highest BCUT2D eigenvalue weighted by Gasteiger charge is 2.13. The monoisotopic (exact) mass is 400 g/mol. The summed E-state index contributed by atoms with van der Waals surface area (Å²) in [5.41, 5.74) is 1.10. The Kier molecular flexibility index (Phi) is 4.90. The summed E-state index contributed by atoms with van der Waals surface area (Å²) in [5.74, 6) is 0.0798. The lowest BCUT2D eigenvalue weighted by molar-refractivity contribution is -0.384. The predicted octanol–water partition coefficient (Wildman–Crippen LogP) is 3.85. The first-order valence-corrected chi connectivity index (χ1v) is 8.14. The molecular formula is C17H13BrN4O3. The van der Waals surface area contributed by atoms with Crippen molar-refractivity contribution >= 4 is 33.3 Å². The second-order valence-corrected chi connectivity index (χ2v) is 6.18. The number of benzene rings is 2. The van der Waals surface area contributed by atoms with Gasteiger partial charge in [0.25, 0.3) is 11.6 Å². The number of halogens is 1. The molecule has 2 aromatic carbocycles. The molecule has 1 heterocycles. The summed E-state index contributed by atoms with van der Waals surface area (Å²) < 4.78 is 2.61. The highest BCUT2D eigenvalue weighted by molar-refractivity contribution is 9.10. The van der Waals surface area contributed by atoms with Gasteiger partial charge < -0.3 is 5.32 Å². The topological polar surface area (TPSA) is 90.1 Å². The van der Waals surface area contributed by atoms with E-state index in [2.05, 4.69) is 26.3 Å². The maximum Gasteiger partial charge on any atom is 0.270 e. The molecule has 3 rings (SSSR count). The highest BCUT2D eigenvalue weighted by Crippen LogP contribution is 2.17. The van der Waals surface area contributed by atoms with Crippen LogP contribution in [-0.4, -0.2) is 20.6 Å². The number of amides is 1. The molecule has 3 aromatic rings. The SMILES string of the molecule is O=C(Nc1ccnn1Cc1cccc(Br)c1)c1cccc([N+](=O)[O-])c1. The number of nitro groups is 1. The molecule has 0 saturated carbocycles. The quantitative estimate of drug-likeness (QED) is 0.519. The molecule has 126 valence electrons. The summed E-state index contributed by atoms with van der Waals surface area (Å²) >= 11 is 3.42. The van der Waals surface area contributed by atoms with Crippen LogP contribution in [0, 0.1) is 10.1 Å². The van der Waals surface area contributed by atoms with E-state index in [0.717, 1.165) is 10.0 Å². The largest absolute Gasteiger partial charge is 0.307 e. The molecule has 0 spiro atoms. The minimum Gasteiger partial charge on any atom is -0.307 e. The van der Waals surface area contributed by atoms with Crippen molar-refractivity contribution in [1.82, 2.24) is 9.78 Å². The fourth-order valence-electron chi connectivity index (χ4n) is 2.32. The van der Waals surface area contributed by atoms with Gasteiger partial charge in [0.05, 0.1) is 17.7 Å². The van der Waals surface area contributed by atoms with E-state index in [-0.39, 0.29) is 11.3 Å². The summed E-state index contributed by atoms with van der Waals surface area (Å²) in [4.78, 5) is 22.7. The number of rotatable bonds is 5. The molecule has 0 aliphatic heterocycles. The molecule has 1 aromatic heterocycles. The third-order valence-electron chi connectivity index (χ3n) is 3.50. The van der Waals surface area contributed by atoms with Gasteiger partial charge in [0, 0.05) is 28.2 Å². The third-order valence-corrected chi connectivity index (χ3v) is 3.99. The van der Waals surface area contributed by atoms with Gasteiger partial charge in [0.1, 0.15) is 5.82 Å². The molecule has 1 amide bonds. The Morgan fingerprint density at radius 3 is 2.76 bits per heavy atom. The minimum absolute atomic E-state index is 0.129. The van der Waals surface area contributed by atoms with E-state index in [1.165, 1.54) is 24.3 Å². The van der Waals surface area contributed by atoms with Crippen LogP contribution in [0.4, 0.5) is 11.5 Å². The van der Waals surface area contributed by atoms with E-state index < -0.39 is 10.8 Å². The van der Waals surface area contributed by atoms with Gasteiger partial charge in [-0.25, -0.2) is 4.68 Å². The molecule has 7 nitrogen and oxygen atoms in total. The molecule has 0 bridgehead atoms. The van der Waals surface area contributed by atoms with E-state index in [1.807, 2.05) is 24.3 Å². The number of nitrogens with one attached hydrogen (secondary N) is 1. The number of non-ortho nitro benzene ring substituents is 1. The zero-order chi connectivity index (χ0) is 17.8. The van der Waals surface area contributed by atoms with Gasteiger partial charge in [-0.15, -0.1) is 0 Å². The van der Waals surface area contributed by atoms with Crippen molar-refractivity contribution in [2.75, 3.05) is 5.32 Å². The van der Waals surface area contributed by atoms with Crippen LogP contribution < -0.4 is 5.32 Å². The van der Waals surface area contributed by atoms with Crippen molar-refractivity contribution in [3.8, 4) is 0 Å². The maximum absolute atomic E-state index is 12.4. The number of hydrogen-bond acceptors (Lipinski definition) is 4. The molecule has 0 radical (unpaired) electrons. The maximum atomic E-state index is 12.4. The average Bonchev–Trinajstić information content (AvgIpc) is 3.01. The number of hydrogen-bond donors (Lipinski definition) is 1. The zero-order valence-corrected chi connectivity index (χ0v) is 14.5. The third kappa shape index (κ3) is 4.10. The van der Waals surface area contributed by atoms with E-state index in [4.69, 9.17) is 0 Å². The Bertz CT molecular complexity index is 939. The van der Waals surface area contributed by atoms with Gasteiger partial charge in [-0.2, -0.15) is 5.10 Å². The van der Waals surface area contributed by atoms with Crippen LogP contribution in [0.25, 0.3) is 0 Å². The van der Waals surface area contributed by atoms with Crippen molar-refractivity contribution in [2.45, 2.75) is 6.54 Å². The smallest absolute Gasteiger partial charge is 0.270 e. The number of aromatic nitrogens is 2. The fraction of sp³-hybridized carbons (Fsp3) is 0.0588. The zero-order valence-electron chi connectivity index (χ0n) is 12.9. The number of anilines is 1. The van der Waals surface area contributed by atoms with Crippen LogP contribution in [0.5, 0.6) is 0 Å². The summed E-state index contributed by atoms with van der Waals surface area (Å²) in [6, 6.07) is 15.0. The standard InChI is InChI=1S/C17H13BrN4O3/c18-14-5-1-3-12(9-14)11-21-16(7-8-19-21)20-17(23)13-4-2-6-15(10-13)22(24)25/h1-10H,11H2,(H,20,23). The number of carbonyl (C=O) groups excluding carboxylic acids is 1. The summed E-state index contributed by atoms with van der Waals surface area (Å²) in [7, 11) is 0. The second-order valence-electron chi connectivity index (χ2n) is 5.27. The molecule has 0 fully saturated rings. The van der Waals surface area contributed by atoms with Crippen molar-refractivity contribution in [3.05, 3.63) is 86.5 Å². The lowest BCUT2D eigenvalue weighted by Crippen LogP contribution is -2.16. The molecule has 0 saturated heterocycles. The number of carbonyl (C=O) groups is 1. The normalized spacial score (nSPS) is 10.4. The summed E-state index contributed by atoms with van der Waals surface area (Å²) in [6.45, 7) is 0.483. The number of nitrogens with zero attached hydrogens (tertiary/aromatic N) is 3. The van der Waals surface area contributed by atoms with Crippen LogP contribution in [0.2, 0.25) is 0 Å². The molecule has 25 heavy (non-hydrogen) atoms. The van der Waals surface area contributed by atoms with Gasteiger partial charge in [-0.3, -0.25) is 14.9 Å². The predicted molar refractivity (Wildman–Crippen MR) is 96.5 cm³/mol. The first-order valence-electron chi connectivity index (χ1n) is 7.35. The molecule has 0 aliphatic carbocycles. The highest BCUT2D eigenvalue weighted by atomic mass is 79.9. The van der Waals surface area contributed by atoms with Gasteiger partial charge in [0.15, 0.2) is 0 Å². The Morgan fingerprint density at radius 2 is 2.00 bits per heavy atom. The van der Waals surface area contributed by atoms with Crippen molar-refractivity contribution in [2.24, 2.45) is 0 Å². The Labute approximate surface area is 151 Å². The molecular weight excluding hydrogens is 388 g/mol. The van der Waals surface area contributed by atoms with E-state index >= 15 is 0 Å². The molecule has 0 unspecified atom stereocenters. The van der Waals surface area contributed by atoms with Crippen LogP contribution >= 0.6 is 15.9 Å². The molecule has 8 heteroatoms. The Balaban J connectivity index is 1.78. The van der Waals surface area contributed by atoms with Crippen molar-refractivity contribution in [3.63, 3.8) is 0 Å². The van der Waals surface area contributed by atoms with Gasteiger partial charge in [0.2, 0.25) is 0 Å². The van der Waals surface area contributed by atoms with Gasteiger partial charge >= 0.3 is 0 Å². The Morgan fingerprint density at radius 1 is 1.20 bits per heavy atom. The van der Waals surface area contributed by atoms with E-state index in [9.17, 15) is 14.9 Å². The lowest BCUT2D eigenvalue weighted by atomic mass is 10.2. The van der Waals surface area contributed by atoms with Crippen LogP contribution in [0.1, 0.15) is 15.9 Å². The Hall–Kier alpha value is -3.00. The first-order chi connectivity index (χ1) is 12.0. The summed E-state index contributed by atoms with van der Waals surface area (Å²) in [6.07, 6.45) is 1.58. The second kappa shape index (κ2) is 7.27. The minimum atomic E-state index is -0.533. The van der Waals surface area contributed by atoms with E-state index in [0.29, 0.717) is 12.4 Å². The van der Waals surface area contributed by atoms with Gasteiger partial charge in [-0.1, -0.05) is 34.1 Å². The van der Waals surface area contributed by atoms with Crippen LogP contribution in [-0.2, 0) is 6.54 Å². The van der Waals surface area contributed by atoms with Crippen LogP contribution in [0.3, 0.4) is 0 Å². The fourth-order valence-corrected chi connectivity index (χ4v) is 2.77. The molecule has 1 N–H and O–H groups in total. The van der Waals surface area contributed by atoms with Crippen molar-refractivity contribution < 1.29 is 9.72 Å².